The van der Waals surface area contributed by atoms with E-state index in [1.54, 1.807) is 12.4 Å². The van der Waals surface area contributed by atoms with Crippen LogP contribution in [0.25, 0.3) is 166 Å². The van der Waals surface area contributed by atoms with Gasteiger partial charge in [-0.05, 0) is 137 Å². The van der Waals surface area contributed by atoms with Gasteiger partial charge in [0.15, 0.2) is 0 Å². The molecule has 0 fully saturated rings. The molecule has 0 N–H and O–H groups in total. The van der Waals surface area contributed by atoms with Crippen molar-refractivity contribution in [2.45, 2.75) is 0 Å². The number of rotatable bonds is 8. The Kier molecular flexibility index (Phi) is 12.8. The molecule has 18 aromatic rings. The second kappa shape index (κ2) is 22.0. The minimum Gasteiger partial charge on any atom is -0.294 e. The Morgan fingerprint density at radius 2 is 0.648 bits per heavy atom. The number of halogens is 1. The first-order valence-corrected chi connectivity index (χ1v) is 29.9. The molecule has 12 heteroatoms. The van der Waals surface area contributed by atoms with Crippen LogP contribution in [0.15, 0.2) is 292 Å². The molecule has 7 aromatic carbocycles. The maximum Gasteiger partial charge on any atom is 0.138 e. The van der Waals surface area contributed by atoms with Crippen LogP contribution < -0.4 is 0 Å². The number of pyridine rings is 9. The lowest BCUT2D eigenvalue weighted by molar-refractivity contribution is 0.651. The Labute approximate surface area is 519 Å². The van der Waals surface area contributed by atoms with Crippen LogP contribution in [0, 0.1) is 5.82 Å². The van der Waals surface area contributed by atoms with Gasteiger partial charge in [0.2, 0.25) is 0 Å². The standard InChI is InChI=1S/C40H24FN5.C39H24N6/c41-40-30-13-3-1-11-28(30)39(29-12-2-4-14-31(29)40)25-22-34(32-15-7-8-20-43-32)44-35(23-25)33-16-9-18-38(45-33)46-36-17-6-5-10-26(36)27-19-21-42-24-37(27)46;1-4-13-30-27(11-1)39(28-12-2-5-14-31(28)42-30)25-22-34(32-15-7-8-20-41-32)43-35(23-25)33-16-9-18-38(44-33)45-36-17-6-3-10-26(36)29-24-40-21-19-37(29)45/h1-24H;1-24H. The fraction of sp³-hybridized carbons (Fsp3) is 0. The van der Waals surface area contributed by atoms with Gasteiger partial charge in [-0.1, -0.05) is 146 Å². The third kappa shape index (κ3) is 9.16. The Bertz CT molecular complexity index is 5670. The molecule has 11 heterocycles. The van der Waals surface area contributed by atoms with E-state index >= 15 is 4.39 Å². The fourth-order valence-electron chi connectivity index (χ4n) is 12.9. The monoisotopic (exact) mass is 1170 g/mol. The number of benzene rings is 7. The van der Waals surface area contributed by atoms with Crippen LogP contribution in [-0.2, 0) is 0 Å². The smallest absolute Gasteiger partial charge is 0.138 e. The van der Waals surface area contributed by atoms with E-state index in [-0.39, 0.29) is 5.82 Å². The van der Waals surface area contributed by atoms with Crippen LogP contribution in [0.3, 0.4) is 0 Å². The Hall–Kier alpha value is -12.5. The molecule has 0 atom stereocenters. The van der Waals surface area contributed by atoms with E-state index < -0.39 is 0 Å². The van der Waals surface area contributed by atoms with Gasteiger partial charge < -0.3 is 0 Å². The lowest BCUT2D eigenvalue weighted by atomic mass is 9.91. The van der Waals surface area contributed by atoms with E-state index in [4.69, 9.17) is 24.9 Å². The molecule has 0 radical (unpaired) electrons. The van der Waals surface area contributed by atoms with Gasteiger partial charge in [0, 0.05) is 79.6 Å². The molecule has 11 aromatic heterocycles. The first-order valence-electron chi connectivity index (χ1n) is 29.9. The van der Waals surface area contributed by atoms with Gasteiger partial charge in [0.25, 0.3) is 0 Å². The number of hydrogen-bond acceptors (Lipinski definition) is 9. The first kappa shape index (κ1) is 52.8. The number of fused-ring (bicyclic) bond motifs is 10. The maximum absolute atomic E-state index is 15.8. The summed E-state index contributed by atoms with van der Waals surface area (Å²) in [4.78, 5) is 43.8. The second-order valence-corrected chi connectivity index (χ2v) is 22.2. The highest BCUT2D eigenvalue weighted by atomic mass is 19.1. The van der Waals surface area contributed by atoms with E-state index in [1.165, 1.54) is 0 Å². The molecular formula is C79H48FN11. The summed E-state index contributed by atoms with van der Waals surface area (Å²) in [6.07, 6.45) is 11.0. The van der Waals surface area contributed by atoms with Crippen molar-refractivity contribution in [1.29, 1.82) is 0 Å². The molecule has 0 aliphatic rings. The number of nitrogens with zero attached hydrogens (tertiary/aromatic N) is 11. The van der Waals surface area contributed by atoms with Crippen molar-refractivity contribution < 1.29 is 4.39 Å². The summed E-state index contributed by atoms with van der Waals surface area (Å²) >= 11 is 0. The van der Waals surface area contributed by atoms with E-state index in [0.29, 0.717) is 27.9 Å². The molecule has 11 nitrogen and oxygen atoms in total. The second-order valence-electron chi connectivity index (χ2n) is 22.2. The molecule has 0 aliphatic heterocycles. The molecule has 0 amide bonds. The van der Waals surface area contributed by atoms with Crippen LogP contribution in [0.2, 0.25) is 0 Å². The normalized spacial score (nSPS) is 11.6. The van der Waals surface area contributed by atoms with Crippen molar-refractivity contribution in [1.82, 2.24) is 54.0 Å². The Balaban J connectivity index is 0.000000140. The highest BCUT2D eigenvalue weighted by Gasteiger charge is 2.22. The van der Waals surface area contributed by atoms with Crippen molar-refractivity contribution >= 4 is 87.0 Å². The number of aromatic nitrogens is 11. The summed E-state index contributed by atoms with van der Waals surface area (Å²) in [6, 6.07) is 84.9. The van der Waals surface area contributed by atoms with Crippen LogP contribution in [0.1, 0.15) is 0 Å². The number of para-hydroxylation sites is 4. The van der Waals surface area contributed by atoms with Crippen molar-refractivity contribution in [2.24, 2.45) is 0 Å². The summed E-state index contributed by atoms with van der Waals surface area (Å²) in [5.74, 6) is 1.36. The Morgan fingerprint density at radius 3 is 1.19 bits per heavy atom. The predicted molar refractivity (Wildman–Crippen MR) is 364 cm³/mol. The lowest BCUT2D eigenvalue weighted by Crippen LogP contribution is -2.00. The van der Waals surface area contributed by atoms with E-state index in [0.717, 1.165) is 139 Å². The van der Waals surface area contributed by atoms with E-state index in [2.05, 4.69) is 120 Å². The topological polar surface area (TPSA) is 126 Å². The molecule has 0 aliphatic carbocycles. The molecule has 0 saturated carbocycles. The van der Waals surface area contributed by atoms with Gasteiger partial charge >= 0.3 is 0 Å². The zero-order valence-corrected chi connectivity index (χ0v) is 48.5. The summed E-state index contributed by atoms with van der Waals surface area (Å²) in [7, 11) is 0. The van der Waals surface area contributed by atoms with Gasteiger partial charge in [-0.25, -0.2) is 29.3 Å². The molecule has 0 bridgehead atoms. The van der Waals surface area contributed by atoms with Gasteiger partial charge in [-0.3, -0.25) is 29.1 Å². The Morgan fingerprint density at radius 1 is 0.253 bits per heavy atom. The third-order valence-corrected chi connectivity index (χ3v) is 16.9. The van der Waals surface area contributed by atoms with Crippen molar-refractivity contribution in [2.75, 3.05) is 0 Å². The summed E-state index contributed by atoms with van der Waals surface area (Å²) in [5.41, 5.74) is 16.0. The average Bonchev–Trinajstić information content (AvgIpc) is 1.74. The van der Waals surface area contributed by atoms with Crippen LogP contribution in [0.4, 0.5) is 4.39 Å². The SMILES string of the molecule is Fc1c2ccccc2c(-c2cc(-c3ccccn3)nc(-c3cccc(-n4c5ccccc5c5ccncc54)n3)c2)c2ccccc12.c1ccc(-c2cc(-c3c4ccccc4nc4ccccc34)cc(-c3cccc(-n4c5ccccc5c5cnccc54)n3)n2)nc1. The highest BCUT2D eigenvalue weighted by molar-refractivity contribution is 6.15. The molecule has 0 unspecified atom stereocenters. The van der Waals surface area contributed by atoms with E-state index in [1.807, 2.05) is 189 Å². The lowest BCUT2D eigenvalue weighted by Gasteiger charge is -2.16. The average molecular weight is 1170 g/mol. The van der Waals surface area contributed by atoms with Gasteiger partial charge in [-0.15, -0.1) is 0 Å². The minimum atomic E-state index is -0.218. The van der Waals surface area contributed by atoms with Gasteiger partial charge in [0.05, 0.1) is 84.8 Å². The van der Waals surface area contributed by atoms with Crippen molar-refractivity contribution in [3.63, 3.8) is 0 Å². The van der Waals surface area contributed by atoms with Crippen molar-refractivity contribution in [3.05, 3.63) is 298 Å². The quantitative estimate of drug-likeness (QED) is 0.137. The fourth-order valence-corrected chi connectivity index (χ4v) is 12.9. The van der Waals surface area contributed by atoms with Gasteiger partial charge in [-0.2, -0.15) is 0 Å². The highest BCUT2D eigenvalue weighted by Crippen LogP contribution is 2.43. The largest absolute Gasteiger partial charge is 0.294 e. The molecule has 0 saturated heterocycles. The minimum absolute atomic E-state index is 0.218. The van der Waals surface area contributed by atoms with Gasteiger partial charge in [0.1, 0.15) is 17.5 Å². The molecule has 91 heavy (non-hydrogen) atoms. The van der Waals surface area contributed by atoms with Crippen LogP contribution >= 0.6 is 0 Å². The number of hydrogen-bond donors (Lipinski definition) is 0. The molecule has 426 valence electrons. The predicted octanol–water partition coefficient (Wildman–Crippen LogP) is 18.9. The zero-order chi connectivity index (χ0) is 60.4. The first-order chi connectivity index (χ1) is 45.1. The zero-order valence-electron chi connectivity index (χ0n) is 48.5. The van der Waals surface area contributed by atoms with Crippen molar-refractivity contribution in [3.8, 4) is 79.4 Å². The summed E-state index contributed by atoms with van der Waals surface area (Å²) in [5, 5.41) is 9.48. The summed E-state index contributed by atoms with van der Waals surface area (Å²) in [6.45, 7) is 0. The summed E-state index contributed by atoms with van der Waals surface area (Å²) < 4.78 is 20.2. The van der Waals surface area contributed by atoms with E-state index in [9.17, 15) is 0 Å². The molecular weight excluding hydrogens is 1120 g/mol. The maximum atomic E-state index is 15.8. The molecule has 0 spiro atoms. The van der Waals surface area contributed by atoms with Crippen LogP contribution in [0.5, 0.6) is 0 Å². The molecule has 18 rings (SSSR count). The third-order valence-electron chi connectivity index (χ3n) is 16.9. The van der Waals surface area contributed by atoms with Crippen LogP contribution in [-0.4, -0.2) is 54.0 Å².